The first-order chi connectivity index (χ1) is 8.32. The third-order valence-electron chi connectivity index (χ3n) is 2.68. The second kappa shape index (κ2) is 4.57. The molecule has 1 aromatic rings. The van der Waals surface area contributed by atoms with Crippen molar-refractivity contribution in [3.8, 4) is 0 Å². The van der Waals surface area contributed by atoms with Crippen molar-refractivity contribution in [3.63, 3.8) is 0 Å². The number of carboxylic acid groups (broad SMARTS) is 1. The topological polar surface area (TPSA) is 108 Å². The van der Waals surface area contributed by atoms with Crippen LogP contribution in [0.25, 0.3) is 0 Å². The highest BCUT2D eigenvalue weighted by Gasteiger charge is 2.44. The predicted molar refractivity (Wildman–Crippen MR) is 62.8 cm³/mol. The fourth-order valence-electron chi connectivity index (χ4n) is 1.85. The van der Waals surface area contributed by atoms with Crippen molar-refractivity contribution in [1.82, 2.24) is 9.29 Å². The average molecular weight is 292 g/mol. The zero-order valence-corrected chi connectivity index (χ0v) is 11.1. The lowest BCUT2D eigenvalue weighted by atomic mass is 10.2. The second-order valence-electron chi connectivity index (χ2n) is 4.02. The molecule has 18 heavy (non-hydrogen) atoms. The van der Waals surface area contributed by atoms with Crippen molar-refractivity contribution in [2.75, 3.05) is 6.54 Å². The van der Waals surface area contributed by atoms with E-state index in [1.807, 2.05) is 0 Å². The van der Waals surface area contributed by atoms with E-state index in [0.29, 0.717) is 5.01 Å². The van der Waals surface area contributed by atoms with Crippen molar-refractivity contribution in [2.24, 2.45) is 0 Å². The van der Waals surface area contributed by atoms with Crippen molar-refractivity contribution >= 4 is 27.3 Å². The Balaban J connectivity index is 2.38. The summed E-state index contributed by atoms with van der Waals surface area (Å²) < 4.78 is 25.3. The molecular formula is C9H12N2O5S2. The Labute approximate surface area is 108 Å². The molecule has 1 aliphatic rings. The van der Waals surface area contributed by atoms with Gasteiger partial charge in [-0.15, -0.1) is 11.3 Å². The standard InChI is InChI=1S/C9H12N2O5S2/c1-5-10-3-8(17-5)18(15,16)11-4-6(12)2-7(11)9(13)14/h3,6-7,12H,2,4H2,1H3,(H,13,14)/t6-,7-/m1/s1. The number of aliphatic carboxylic acids is 1. The summed E-state index contributed by atoms with van der Waals surface area (Å²) in [6.07, 6.45) is 0.167. The first-order valence-electron chi connectivity index (χ1n) is 5.17. The fourth-order valence-corrected chi connectivity index (χ4v) is 4.72. The number of aliphatic hydroxyl groups is 1. The molecular weight excluding hydrogens is 280 g/mol. The van der Waals surface area contributed by atoms with Gasteiger partial charge in [-0.2, -0.15) is 4.31 Å². The molecule has 2 heterocycles. The van der Waals surface area contributed by atoms with Crippen LogP contribution in [0.1, 0.15) is 11.4 Å². The van der Waals surface area contributed by atoms with Gasteiger partial charge in [-0.3, -0.25) is 4.79 Å². The Hall–Kier alpha value is -1.03. The number of carboxylic acids is 1. The number of hydrogen-bond donors (Lipinski definition) is 2. The molecule has 1 aliphatic heterocycles. The number of aryl methyl sites for hydroxylation is 1. The zero-order chi connectivity index (χ0) is 13.5. The molecule has 1 aromatic heterocycles. The van der Waals surface area contributed by atoms with Crippen molar-refractivity contribution in [2.45, 2.75) is 29.7 Å². The lowest BCUT2D eigenvalue weighted by Crippen LogP contribution is -2.40. The minimum absolute atomic E-state index is 0.000324. The summed E-state index contributed by atoms with van der Waals surface area (Å²) in [5, 5.41) is 19.0. The van der Waals surface area contributed by atoms with Crippen LogP contribution in [0.3, 0.4) is 0 Å². The average Bonchev–Trinajstić information content (AvgIpc) is 2.84. The molecule has 1 saturated heterocycles. The Morgan fingerprint density at radius 2 is 2.28 bits per heavy atom. The first kappa shape index (κ1) is 13.4. The van der Waals surface area contributed by atoms with E-state index in [0.717, 1.165) is 15.6 Å². The fraction of sp³-hybridized carbons (Fsp3) is 0.556. The van der Waals surface area contributed by atoms with E-state index in [2.05, 4.69) is 4.98 Å². The van der Waals surface area contributed by atoms with Gasteiger partial charge in [-0.25, -0.2) is 13.4 Å². The van der Waals surface area contributed by atoms with Gasteiger partial charge < -0.3 is 10.2 Å². The molecule has 0 saturated carbocycles. The number of carbonyl (C=O) groups is 1. The number of aromatic nitrogens is 1. The van der Waals surface area contributed by atoms with Crippen LogP contribution in [0, 0.1) is 6.92 Å². The number of β-amino-alcohol motifs (C(OH)–C–C–N with tert-alkyl or cyclic N) is 1. The molecule has 0 radical (unpaired) electrons. The van der Waals surface area contributed by atoms with Crippen LogP contribution in [-0.2, 0) is 14.8 Å². The Bertz CT molecular complexity index is 567. The molecule has 2 N–H and O–H groups in total. The monoisotopic (exact) mass is 292 g/mol. The summed E-state index contributed by atoms with van der Waals surface area (Å²) >= 11 is 0.981. The van der Waals surface area contributed by atoms with Gasteiger partial charge in [0.05, 0.1) is 17.3 Å². The molecule has 1 fully saturated rings. The Morgan fingerprint density at radius 3 is 2.78 bits per heavy atom. The van der Waals surface area contributed by atoms with E-state index >= 15 is 0 Å². The van der Waals surface area contributed by atoms with E-state index in [-0.39, 0.29) is 17.2 Å². The summed E-state index contributed by atoms with van der Waals surface area (Å²) in [7, 11) is -3.90. The summed E-state index contributed by atoms with van der Waals surface area (Å²) in [6, 6.07) is -1.22. The summed E-state index contributed by atoms with van der Waals surface area (Å²) in [6.45, 7) is 1.47. The first-order valence-corrected chi connectivity index (χ1v) is 7.43. The van der Waals surface area contributed by atoms with Crippen LogP contribution in [-0.4, -0.2) is 52.6 Å². The van der Waals surface area contributed by atoms with E-state index in [9.17, 15) is 18.3 Å². The lowest BCUT2D eigenvalue weighted by molar-refractivity contribution is -0.140. The molecule has 0 aromatic carbocycles. The number of hydrogen-bond acceptors (Lipinski definition) is 6. The summed E-state index contributed by atoms with van der Waals surface area (Å²) in [4.78, 5) is 14.9. The van der Waals surface area contributed by atoms with E-state index < -0.39 is 28.1 Å². The number of thiazole rings is 1. The summed E-state index contributed by atoms with van der Waals surface area (Å²) in [5.41, 5.74) is 0. The number of aliphatic hydroxyl groups excluding tert-OH is 1. The molecule has 9 heteroatoms. The maximum absolute atomic E-state index is 12.2. The van der Waals surface area contributed by atoms with E-state index in [4.69, 9.17) is 5.11 Å². The number of rotatable bonds is 3. The maximum Gasteiger partial charge on any atom is 0.322 e. The van der Waals surface area contributed by atoms with Crippen molar-refractivity contribution in [1.29, 1.82) is 0 Å². The second-order valence-corrected chi connectivity index (χ2v) is 7.37. The third kappa shape index (κ3) is 2.26. The molecule has 100 valence electrons. The maximum atomic E-state index is 12.2. The van der Waals surface area contributed by atoms with Crippen LogP contribution < -0.4 is 0 Å². The van der Waals surface area contributed by atoms with Gasteiger partial charge in [0.25, 0.3) is 10.0 Å². The highest BCUT2D eigenvalue weighted by Crippen LogP contribution is 2.29. The SMILES string of the molecule is Cc1ncc(S(=O)(=O)N2C[C@H](O)C[C@@H]2C(=O)O)s1. The van der Waals surface area contributed by atoms with E-state index in [1.54, 1.807) is 6.92 Å². The largest absolute Gasteiger partial charge is 0.480 e. The smallest absolute Gasteiger partial charge is 0.322 e. The Morgan fingerprint density at radius 1 is 1.61 bits per heavy atom. The highest BCUT2D eigenvalue weighted by molar-refractivity contribution is 7.91. The molecule has 0 amide bonds. The molecule has 0 spiro atoms. The number of nitrogens with zero attached hydrogens (tertiary/aromatic N) is 2. The highest BCUT2D eigenvalue weighted by atomic mass is 32.2. The van der Waals surface area contributed by atoms with Crippen LogP contribution in [0.15, 0.2) is 10.4 Å². The van der Waals surface area contributed by atoms with Gasteiger partial charge >= 0.3 is 5.97 Å². The molecule has 7 nitrogen and oxygen atoms in total. The number of sulfonamides is 1. The van der Waals surface area contributed by atoms with Gasteiger partial charge in [-0.05, 0) is 6.92 Å². The molecule has 2 atom stereocenters. The van der Waals surface area contributed by atoms with Gasteiger partial charge in [0.15, 0.2) is 4.21 Å². The summed E-state index contributed by atoms with van der Waals surface area (Å²) in [5.74, 6) is -1.25. The lowest BCUT2D eigenvalue weighted by Gasteiger charge is -2.19. The molecule has 0 aliphatic carbocycles. The molecule has 2 rings (SSSR count). The quantitative estimate of drug-likeness (QED) is 0.789. The van der Waals surface area contributed by atoms with E-state index in [1.165, 1.54) is 6.20 Å². The minimum Gasteiger partial charge on any atom is -0.480 e. The normalized spacial score (nSPS) is 25.4. The molecule has 0 bridgehead atoms. The Kier molecular flexibility index (Phi) is 3.41. The van der Waals surface area contributed by atoms with Crippen LogP contribution in [0.4, 0.5) is 0 Å². The van der Waals surface area contributed by atoms with Crippen LogP contribution >= 0.6 is 11.3 Å². The zero-order valence-electron chi connectivity index (χ0n) is 9.48. The van der Waals surface area contributed by atoms with Gasteiger partial charge in [0.2, 0.25) is 0 Å². The van der Waals surface area contributed by atoms with Gasteiger partial charge in [0, 0.05) is 13.0 Å². The molecule has 0 unspecified atom stereocenters. The van der Waals surface area contributed by atoms with Crippen LogP contribution in [0.2, 0.25) is 0 Å². The minimum atomic E-state index is -3.90. The van der Waals surface area contributed by atoms with Gasteiger partial charge in [0.1, 0.15) is 6.04 Å². The van der Waals surface area contributed by atoms with Crippen LogP contribution in [0.5, 0.6) is 0 Å². The van der Waals surface area contributed by atoms with Gasteiger partial charge in [-0.1, -0.05) is 0 Å². The van der Waals surface area contributed by atoms with Crippen molar-refractivity contribution < 1.29 is 23.4 Å². The third-order valence-corrected chi connectivity index (χ3v) is 5.91. The predicted octanol–water partition coefficient (Wildman–Crippen LogP) is -0.340. The van der Waals surface area contributed by atoms with Crippen molar-refractivity contribution in [3.05, 3.63) is 11.2 Å².